The van der Waals surface area contributed by atoms with Gasteiger partial charge in [-0.3, -0.25) is 0 Å². The van der Waals surface area contributed by atoms with Crippen molar-refractivity contribution >= 4 is 0 Å². The molecule has 1 aromatic carbocycles. The van der Waals surface area contributed by atoms with Gasteiger partial charge in [-0.25, -0.2) is 9.97 Å². The highest BCUT2D eigenvalue weighted by Crippen LogP contribution is 2.17. The first-order valence-electron chi connectivity index (χ1n) is 4.56. The van der Waals surface area contributed by atoms with E-state index in [1.54, 1.807) is 24.3 Å². The van der Waals surface area contributed by atoms with Crippen LogP contribution in [-0.2, 0) is 0 Å². The molecule has 2 rings (SSSR count). The number of benzene rings is 1. The van der Waals surface area contributed by atoms with Crippen LogP contribution in [0.2, 0.25) is 0 Å². The minimum Gasteiger partial charge on any atom is -0.236 e. The van der Waals surface area contributed by atoms with Crippen LogP contribution in [0.15, 0.2) is 36.7 Å². The third-order valence-corrected chi connectivity index (χ3v) is 2.07. The van der Waals surface area contributed by atoms with Crippen molar-refractivity contribution in [2.75, 3.05) is 0 Å². The maximum atomic E-state index is 8.77. The van der Waals surface area contributed by atoms with Gasteiger partial charge in [0.2, 0.25) is 0 Å². The Morgan fingerprint density at radius 3 is 2.62 bits per heavy atom. The fraction of sp³-hybridized carbons (Fsp3) is 0. The first-order valence-corrected chi connectivity index (χ1v) is 4.56. The van der Waals surface area contributed by atoms with Gasteiger partial charge in [0.25, 0.3) is 0 Å². The van der Waals surface area contributed by atoms with E-state index in [9.17, 15) is 0 Å². The molecular weight excluding hydrogens is 200 g/mol. The van der Waals surface area contributed by atoms with Crippen molar-refractivity contribution in [1.29, 1.82) is 10.5 Å². The lowest BCUT2D eigenvalue weighted by molar-refractivity contribution is 1.14. The average molecular weight is 206 g/mol. The van der Waals surface area contributed by atoms with Crippen LogP contribution in [0.1, 0.15) is 11.3 Å². The van der Waals surface area contributed by atoms with Crippen LogP contribution in [0.4, 0.5) is 0 Å². The predicted molar refractivity (Wildman–Crippen MR) is 56.9 cm³/mol. The molecule has 0 bridgehead atoms. The summed E-state index contributed by atoms with van der Waals surface area (Å²) in [7, 11) is 0. The summed E-state index contributed by atoms with van der Waals surface area (Å²) in [4.78, 5) is 7.85. The molecule has 0 amide bonds. The minimum absolute atomic E-state index is 0.312. The van der Waals surface area contributed by atoms with Gasteiger partial charge >= 0.3 is 0 Å². The normalized spacial score (nSPS) is 9.12. The van der Waals surface area contributed by atoms with Gasteiger partial charge in [0, 0.05) is 11.6 Å². The lowest BCUT2D eigenvalue weighted by Gasteiger charge is -2.00. The smallest absolute Gasteiger partial charge is 0.144 e. The first kappa shape index (κ1) is 9.82. The molecule has 0 N–H and O–H groups in total. The van der Waals surface area contributed by atoms with Gasteiger partial charge < -0.3 is 0 Å². The number of rotatable bonds is 1. The third-order valence-electron chi connectivity index (χ3n) is 2.07. The molecule has 0 saturated carbocycles. The monoisotopic (exact) mass is 206 g/mol. The lowest BCUT2D eigenvalue weighted by Crippen LogP contribution is -1.89. The van der Waals surface area contributed by atoms with Crippen molar-refractivity contribution in [3.63, 3.8) is 0 Å². The molecule has 0 unspecified atom stereocenters. The summed E-state index contributed by atoms with van der Waals surface area (Å²) in [5.74, 6) is 0. The molecule has 0 radical (unpaired) electrons. The lowest BCUT2D eigenvalue weighted by atomic mass is 10.1. The third kappa shape index (κ3) is 1.87. The van der Waals surface area contributed by atoms with E-state index in [0.717, 1.165) is 5.56 Å². The van der Waals surface area contributed by atoms with Crippen molar-refractivity contribution in [1.82, 2.24) is 9.97 Å². The molecule has 0 aliphatic rings. The molecule has 4 heteroatoms. The Morgan fingerprint density at radius 1 is 1.00 bits per heavy atom. The summed E-state index contributed by atoms with van der Waals surface area (Å²) < 4.78 is 0. The fourth-order valence-corrected chi connectivity index (χ4v) is 1.32. The summed E-state index contributed by atoms with van der Waals surface area (Å²) in [6, 6.07) is 12.7. The zero-order valence-electron chi connectivity index (χ0n) is 8.25. The van der Waals surface area contributed by atoms with Gasteiger partial charge in [-0.05, 0) is 12.1 Å². The highest BCUT2D eigenvalue weighted by atomic mass is 14.8. The Hall–Kier alpha value is -2.72. The second kappa shape index (κ2) is 4.20. The van der Waals surface area contributed by atoms with Crippen molar-refractivity contribution in [3.8, 4) is 23.4 Å². The molecule has 0 atom stereocenters. The van der Waals surface area contributed by atoms with E-state index in [0.29, 0.717) is 17.0 Å². The van der Waals surface area contributed by atoms with Gasteiger partial charge in [0.15, 0.2) is 0 Å². The maximum Gasteiger partial charge on any atom is 0.144 e. The summed E-state index contributed by atoms with van der Waals surface area (Å²) in [5.41, 5.74) is 2.32. The Bertz CT molecular complexity index is 549. The molecule has 0 aliphatic heterocycles. The summed E-state index contributed by atoms with van der Waals surface area (Å²) in [6.07, 6.45) is 1.34. The number of hydrogen-bond acceptors (Lipinski definition) is 4. The highest BCUT2D eigenvalue weighted by molar-refractivity contribution is 5.61. The molecule has 0 saturated heterocycles. The standard InChI is InChI=1S/C12H6N4/c13-6-9-2-1-3-10(4-9)12-5-11(7-14)15-8-16-12/h1-5,8H. The van der Waals surface area contributed by atoms with Gasteiger partial charge in [-0.2, -0.15) is 10.5 Å². The van der Waals surface area contributed by atoms with E-state index in [2.05, 4.69) is 16.0 Å². The van der Waals surface area contributed by atoms with Crippen LogP contribution >= 0.6 is 0 Å². The van der Waals surface area contributed by atoms with E-state index in [1.165, 1.54) is 6.33 Å². The van der Waals surface area contributed by atoms with Gasteiger partial charge in [-0.1, -0.05) is 12.1 Å². The number of aromatic nitrogens is 2. The minimum atomic E-state index is 0.312. The van der Waals surface area contributed by atoms with Gasteiger partial charge in [0.05, 0.1) is 17.3 Å². The molecule has 4 nitrogen and oxygen atoms in total. The molecule has 1 heterocycles. The molecule has 2 aromatic rings. The van der Waals surface area contributed by atoms with Crippen molar-refractivity contribution < 1.29 is 0 Å². The largest absolute Gasteiger partial charge is 0.236 e. The molecule has 16 heavy (non-hydrogen) atoms. The fourth-order valence-electron chi connectivity index (χ4n) is 1.32. The van der Waals surface area contributed by atoms with Crippen molar-refractivity contribution in [2.24, 2.45) is 0 Å². The zero-order chi connectivity index (χ0) is 11.4. The van der Waals surface area contributed by atoms with E-state index in [-0.39, 0.29) is 0 Å². The Morgan fingerprint density at radius 2 is 1.88 bits per heavy atom. The van der Waals surface area contributed by atoms with Crippen LogP contribution in [0.3, 0.4) is 0 Å². The van der Waals surface area contributed by atoms with E-state index >= 15 is 0 Å². The summed E-state index contributed by atoms with van der Waals surface area (Å²) in [5, 5.41) is 17.5. The maximum absolute atomic E-state index is 8.77. The number of nitrogens with zero attached hydrogens (tertiary/aromatic N) is 4. The van der Waals surface area contributed by atoms with Crippen molar-refractivity contribution in [3.05, 3.63) is 47.9 Å². The summed E-state index contributed by atoms with van der Waals surface area (Å²) in [6.45, 7) is 0. The van der Waals surface area contributed by atoms with E-state index in [1.807, 2.05) is 12.1 Å². The van der Waals surface area contributed by atoms with Crippen LogP contribution in [0.5, 0.6) is 0 Å². The van der Waals surface area contributed by atoms with Crippen LogP contribution < -0.4 is 0 Å². The van der Waals surface area contributed by atoms with Crippen LogP contribution in [0, 0.1) is 22.7 Å². The topological polar surface area (TPSA) is 73.4 Å². The molecule has 0 fully saturated rings. The summed E-state index contributed by atoms with van der Waals surface area (Å²) >= 11 is 0. The zero-order valence-corrected chi connectivity index (χ0v) is 8.25. The molecule has 1 aromatic heterocycles. The molecule has 0 spiro atoms. The SMILES string of the molecule is N#Cc1cccc(-c2cc(C#N)ncn2)c1. The average Bonchev–Trinajstić information content (AvgIpc) is 2.39. The van der Waals surface area contributed by atoms with Gasteiger partial charge in [-0.15, -0.1) is 0 Å². The molecular formula is C12H6N4. The molecule has 0 aliphatic carbocycles. The van der Waals surface area contributed by atoms with E-state index < -0.39 is 0 Å². The Kier molecular flexibility index (Phi) is 2.58. The Balaban J connectivity index is 2.51. The molecule has 74 valence electrons. The predicted octanol–water partition coefficient (Wildman–Crippen LogP) is 1.89. The van der Waals surface area contributed by atoms with Crippen LogP contribution in [-0.4, -0.2) is 9.97 Å². The highest BCUT2D eigenvalue weighted by Gasteiger charge is 2.02. The second-order valence-corrected chi connectivity index (χ2v) is 3.09. The quantitative estimate of drug-likeness (QED) is 0.714. The Labute approximate surface area is 92.4 Å². The van der Waals surface area contributed by atoms with E-state index in [4.69, 9.17) is 10.5 Å². The first-order chi connectivity index (χ1) is 7.83. The van der Waals surface area contributed by atoms with Crippen molar-refractivity contribution in [2.45, 2.75) is 0 Å². The second-order valence-electron chi connectivity index (χ2n) is 3.09. The van der Waals surface area contributed by atoms with Gasteiger partial charge in [0.1, 0.15) is 18.1 Å². The number of nitriles is 2. The van der Waals surface area contributed by atoms with Crippen LogP contribution in [0.25, 0.3) is 11.3 Å². The number of hydrogen-bond donors (Lipinski definition) is 0.